The third kappa shape index (κ3) is 5.92. The summed E-state index contributed by atoms with van der Waals surface area (Å²) in [7, 11) is -1.60. The van der Waals surface area contributed by atoms with E-state index in [2.05, 4.69) is 203 Å². The van der Waals surface area contributed by atoms with Gasteiger partial charge in [0.2, 0.25) is 0 Å². The van der Waals surface area contributed by atoms with Crippen molar-refractivity contribution in [3.05, 3.63) is 136 Å². The first-order valence-corrected chi connectivity index (χ1v) is 28.7. The van der Waals surface area contributed by atoms with Crippen LogP contribution in [0.2, 0.25) is 6.55 Å². The lowest BCUT2D eigenvalue weighted by molar-refractivity contribution is 0.332. The summed E-state index contributed by atoms with van der Waals surface area (Å²) in [6.45, 7) is 34.5. The zero-order valence-electron chi connectivity index (χ0n) is 43.9. The Labute approximate surface area is 414 Å². The lowest BCUT2D eigenvalue weighted by Gasteiger charge is -2.47. The minimum absolute atomic E-state index is 0.0382. The Balaban J connectivity index is 1.17. The molecule has 0 bridgehead atoms. The van der Waals surface area contributed by atoms with E-state index < -0.39 is 8.80 Å². The highest BCUT2D eigenvalue weighted by Gasteiger charge is 2.51. The van der Waals surface area contributed by atoms with Crippen LogP contribution in [0.15, 0.2) is 101 Å². The van der Waals surface area contributed by atoms with E-state index in [1.165, 1.54) is 144 Å². The van der Waals surface area contributed by atoms with Crippen molar-refractivity contribution in [2.75, 3.05) is 9.80 Å². The molecule has 5 heteroatoms. The second-order valence-electron chi connectivity index (χ2n) is 26.6. The maximum absolute atomic E-state index is 7.77. The molecule has 3 aliphatic heterocycles. The van der Waals surface area contributed by atoms with Crippen molar-refractivity contribution in [2.45, 2.75) is 168 Å². The zero-order chi connectivity index (χ0) is 48.3. The number of benzene rings is 6. The van der Waals surface area contributed by atoms with E-state index in [1.807, 2.05) is 0 Å². The molecule has 1 unspecified atom stereocenters. The molecule has 1 atom stereocenters. The van der Waals surface area contributed by atoms with Gasteiger partial charge >= 0.3 is 0 Å². The van der Waals surface area contributed by atoms with Gasteiger partial charge in [0.15, 0.2) is 0 Å². The highest BCUT2D eigenvalue weighted by molar-refractivity contribution is 7.00. The monoisotopic (exact) mass is 923 g/mol. The van der Waals surface area contributed by atoms with Crippen LogP contribution in [0, 0.1) is 6.92 Å². The van der Waals surface area contributed by atoms with Gasteiger partial charge in [-0.2, -0.15) is 0 Å². The molecular weight excluding hydrogens is 852 g/mol. The summed E-state index contributed by atoms with van der Waals surface area (Å²) in [5.74, 6) is 0. The predicted molar refractivity (Wildman–Crippen MR) is 299 cm³/mol. The molecule has 0 saturated heterocycles. The molecule has 7 aromatic rings. The minimum atomic E-state index is -1.60. The summed E-state index contributed by atoms with van der Waals surface area (Å²) < 4.78 is 7.77. The lowest BCUT2D eigenvalue weighted by atomic mass is 9.35. The SMILES string of the molecule is Cc1cc2c3c(c1)N(c1cccc4c1[SiH](C)c1ccccc1-4)c1c(oc4cc5c(cc14)C(C)(C)CCC5(C)C)B3c1cc3c(cc1N2c1ccc2c(c1)C(C)(C)CCC2(C)C)C(C)(C)CCC3(C)C. The zero-order valence-corrected chi connectivity index (χ0v) is 45.1. The number of nitrogens with zero attached hydrogens (tertiary/aromatic N) is 2. The lowest BCUT2D eigenvalue weighted by Crippen LogP contribution is -2.61. The standard InChI is InChI=1S/C64H71BN2OSi/c1-37-30-51-55-52(31-37)67(49-20-17-19-40-39-18-15-16-21-54(39)69(14)57(40)49)56-41-33-44-47(64(12,13)29-26-61(44,6)7)36-53(41)68-58(56)65(55)48-34-45-46(63(10,11)28-27-62(45,8)9)35-50(48)66(51)38-22-23-42-43(32-38)60(4,5)25-24-59(42,2)3/h15-23,30-36,69H,24-29H2,1-14H3. The smallest absolute Gasteiger partial charge is 0.297 e. The molecule has 0 amide bonds. The van der Waals surface area contributed by atoms with Crippen LogP contribution >= 0.6 is 0 Å². The summed E-state index contributed by atoms with van der Waals surface area (Å²) in [4.78, 5) is 5.42. The third-order valence-corrected chi connectivity index (χ3v) is 22.2. The van der Waals surface area contributed by atoms with Crippen LogP contribution in [0.25, 0.3) is 22.1 Å². The van der Waals surface area contributed by atoms with Crippen molar-refractivity contribution >= 4 is 87.6 Å². The molecule has 0 fully saturated rings. The van der Waals surface area contributed by atoms with Gasteiger partial charge in [-0.15, -0.1) is 0 Å². The molecule has 13 rings (SSSR count). The molecule has 3 nitrogen and oxygen atoms in total. The molecule has 0 spiro atoms. The van der Waals surface area contributed by atoms with Crippen LogP contribution in [0.5, 0.6) is 0 Å². The Morgan fingerprint density at radius 3 is 1.68 bits per heavy atom. The van der Waals surface area contributed by atoms with Crippen molar-refractivity contribution in [2.24, 2.45) is 0 Å². The second kappa shape index (κ2) is 13.8. The Bertz CT molecular complexity index is 3410. The fourth-order valence-electron chi connectivity index (χ4n) is 14.7. The number of anilines is 6. The van der Waals surface area contributed by atoms with Gasteiger partial charge in [0, 0.05) is 33.8 Å². The summed E-state index contributed by atoms with van der Waals surface area (Å²) in [5, 5.41) is 4.33. The average molecular weight is 923 g/mol. The first-order valence-electron chi connectivity index (χ1n) is 26.4. The Morgan fingerprint density at radius 1 is 0.493 bits per heavy atom. The van der Waals surface area contributed by atoms with E-state index in [4.69, 9.17) is 4.42 Å². The molecular formula is C64H71BN2OSi. The van der Waals surface area contributed by atoms with Gasteiger partial charge in [-0.05, 0) is 193 Å². The van der Waals surface area contributed by atoms with Gasteiger partial charge in [-0.25, -0.2) is 0 Å². The van der Waals surface area contributed by atoms with Crippen molar-refractivity contribution < 1.29 is 4.42 Å². The third-order valence-electron chi connectivity index (χ3n) is 19.3. The van der Waals surface area contributed by atoms with Crippen LogP contribution in [0.1, 0.15) is 161 Å². The second-order valence-corrected chi connectivity index (χ2v) is 29.2. The van der Waals surface area contributed by atoms with E-state index in [0.29, 0.717) is 0 Å². The van der Waals surface area contributed by atoms with Gasteiger partial charge in [-0.3, -0.25) is 0 Å². The van der Waals surface area contributed by atoms with E-state index in [0.717, 1.165) is 11.2 Å². The van der Waals surface area contributed by atoms with Gasteiger partial charge < -0.3 is 14.2 Å². The molecule has 4 heterocycles. The van der Waals surface area contributed by atoms with Gasteiger partial charge in [0.1, 0.15) is 14.4 Å². The summed E-state index contributed by atoms with van der Waals surface area (Å²) in [6, 6.07) is 39.4. The van der Waals surface area contributed by atoms with Gasteiger partial charge in [0.05, 0.1) is 11.3 Å². The maximum atomic E-state index is 7.77. The number of aryl methyl sites for hydroxylation is 1. The minimum Gasteiger partial charge on any atom is -0.468 e. The van der Waals surface area contributed by atoms with Crippen molar-refractivity contribution in [1.29, 1.82) is 0 Å². The molecule has 6 aromatic carbocycles. The van der Waals surface area contributed by atoms with E-state index in [1.54, 1.807) is 5.19 Å². The number of hydrogen-bond donors (Lipinski definition) is 0. The van der Waals surface area contributed by atoms with E-state index >= 15 is 0 Å². The van der Waals surface area contributed by atoms with Crippen molar-refractivity contribution in [3.8, 4) is 11.1 Å². The highest BCUT2D eigenvalue weighted by Crippen LogP contribution is 2.55. The molecule has 1 aromatic heterocycles. The number of fused-ring (bicyclic) bond motifs is 12. The van der Waals surface area contributed by atoms with E-state index in [9.17, 15) is 0 Å². The van der Waals surface area contributed by atoms with E-state index in [-0.39, 0.29) is 39.2 Å². The molecule has 6 aliphatic rings. The largest absolute Gasteiger partial charge is 0.468 e. The van der Waals surface area contributed by atoms with Crippen LogP contribution in [0.3, 0.4) is 0 Å². The molecule has 3 aliphatic carbocycles. The Kier molecular flexibility index (Phi) is 8.74. The normalized spacial score (nSPS) is 21.9. The van der Waals surface area contributed by atoms with Crippen LogP contribution in [-0.2, 0) is 32.5 Å². The predicted octanol–water partition coefficient (Wildman–Crippen LogP) is 13.8. The summed E-state index contributed by atoms with van der Waals surface area (Å²) in [6.07, 6.45) is 7.05. The maximum Gasteiger partial charge on any atom is 0.297 e. The average Bonchev–Trinajstić information content (AvgIpc) is 3.82. The summed E-state index contributed by atoms with van der Waals surface area (Å²) >= 11 is 0. The first-order chi connectivity index (χ1) is 32.5. The van der Waals surface area contributed by atoms with Gasteiger partial charge in [-0.1, -0.05) is 143 Å². The van der Waals surface area contributed by atoms with Crippen LogP contribution in [-0.4, -0.2) is 15.5 Å². The number of rotatable bonds is 2. The highest BCUT2D eigenvalue weighted by atomic mass is 28.3. The quantitative estimate of drug-likeness (QED) is 0.161. The summed E-state index contributed by atoms with van der Waals surface area (Å²) in [5.41, 5.74) is 25.9. The van der Waals surface area contributed by atoms with Crippen LogP contribution < -0.4 is 36.8 Å². The topological polar surface area (TPSA) is 19.6 Å². The molecule has 0 radical (unpaired) electrons. The van der Waals surface area contributed by atoms with Crippen molar-refractivity contribution in [3.63, 3.8) is 0 Å². The number of hydrogen-bond acceptors (Lipinski definition) is 3. The first kappa shape index (κ1) is 43.7. The van der Waals surface area contributed by atoms with Gasteiger partial charge in [0.25, 0.3) is 6.71 Å². The molecule has 69 heavy (non-hydrogen) atoms. The molecule has 0 saturated carbocycles. The molecule has 350 valence electrons. The van der Waals surface area contributed by atoms with Crippen LogP contribution in [0.4, 0.5) is 34.1 Å². The fraction of sp³-hybridized carbons (Fsp3) is 0.406. The number of furan rings is 1. The fourth-order valence-corrected chi connectivity index (χ4v) is 17.5. The Morgan fingerprint density at radius 2 is 1.03 bits per heavy atom. The van der Waals surface area contributed by atoms with Crippen molar-refractivity contribution in [1.82, 2.24) is 0 Å². The molecule has 0 N–H and O–H groups in total. The Hall–Kier alpha value is -5.26.